The highest BCUT2D eigenvalue weighted by Gasteiger charge is 2.21. The van der Waals surface area contributed by atoms with E-state index in [0.29, 0.717) is 11.3 Å². The molecule has 0 aromatic heterocycles. The number of sulfonamides is 1. The number of nitrogens with one attached hydrogen (secondary N) is 1. The first-order chi connectivity index (χ1) is 13.7. The van der Waals surface area contributed by atoms with E-state index in [0.717, 1.165) is 22.4 Å². The Morgan fingerprint density at radius 1 is 0.828 bits per heavy atom. The second kappa shape index (κ2) is 8.09. The van der Waals surface area contributed by atoms with Crippen LogP contribution in [0, 0.1) is 20.8 Å². The Bertz CT molecular complexity index is 1140. The lowest BCUT2D eigenvalue weighted by Crippen LogP contribution is -2.26. The fourth-order valence-corrected chi connectivity index (χ4v) is 4.09. The maximum Gasteiger partial charge on any atom is 0.264 e. The molecule has 0 spiro atoms. The molecule has 1 N–H and O–H groups in total. The summed E-state index contributed by atoms with van der Waals surface area (Å²) in [5, 5.41) is 2.91. The van der Waals surface area contributed by atoms with Crippen molar-refractivity contribution < 1.29 is 13.2 Å². The molecule has 0 saturated heterocycles. The molecule has 3 aromatic rings. The quantitative estimate of drug-likeness (QED) is 0.666. The number of anilines is 2. The predicted molar refractivity (Wildman–Crippen MR) is 117 cm³/mol. The number of hydrogen-bond acceptors (Lipinski definition) is 3. The van der Waals surface area contributed by atoms with E-state index >= 15 is 0 Å². The third-order valence-electron chi connectivity index (χ3n) is 4.81. The van der Waals surface area contributed by atoms with Crippen LogP contribution in [0.4, 0.5) is 11.4 Å². The minimum absolute atomic E-state index is 0.224. The maximum atomic E-state index is 12.8. The summed E-state index contributed by atoms with van der Waals surface area (Å²) in [5.74, 6) is -0.241. The minimum Gasteiger partial charge on any atom is -0.322 e. The van der Waals surface area contributed by atoms with Gasteiger partial charge < -0.3 is 5.32 Å². The van der Waals surface area contributed by atoms with Gasteiger partial charge in [-0.15, -0.1) is 0 Å². The van der Waals surface area contributed by atoms with E-state index in [1.54, 1.807) is 48.5 Å². The number of nitrogens with zero attached hydrogens (tertiary/aromatic N) is 1. The van der Waals surface area contributed by atoms with Gasteiger partial charge in [-0.2, -0.15) is 0 Å². The van der Waals surface area contributed by atoms with Crippen LogP contribution in [-0.2, 0) is 10.0 Å². The summed E-state index contributed by atoms with van der Waals surface area (Å²) < 4.78 is 26.9. The SMILES string of the molecule is Cc1ccc(S(=O)(=O)N(C)c2ccc(C(=O)Nc3cc(C)ccc3C)cc2)cc1. The van der Waals surface area contributed by atoms with Gasteiger partial charge in [-0.25, -0.2) is 8.42 Å². The highest BCUT2D eigenvalue weighted by Crippen LogP contribution is 2.23. The monoisotopic (exact) mass is 408 g/mol. The number of benzene rings is 3. The zero-order valence-electron chi connectivity index (χ0n) is 16.9. The van der Waals surface area contributed by atoms with Crippen LogP contribution in [0.15, 0.2) is 71.6 Å². The molecule has 0 atom stereocenters. The molecule has 3 aromatic carbocycles. The van der Waals surface area contributed by atoms with Gasteiger partial charge in [0, 0.05) is 18.3 Å². The van der Waals surface area contributed by atoms with E-state index < -0.39 is 10.0 Å². The van der Waals surface area contributed by atoms with E-state index in [4.69, 9.17) is 0 Å². The highest BCUT2D eigenvalue weighted by atomic mass is 32.2. The van der Waals surface area contributed by atoms with Gasteiger partial charge >= 0.3 is 0 Å². The summed E-state index contributed by atoms with van der Waals surface area (Å²) in [7, 11) is -2.17. The van der Waals surface area contributed by atoms with Gasteiger partial charge in [-0.05, 0) is 74.4 Å². The Morgan fingerprint density at radius 2 is 1.41 bits per heavy atom. The molecular weight excluding hydrogens is 384 g/mol. The van der Waals surface area contributed by atoms with E-state index in [9.17, 15) is 13.2 Å². The average molecular weight is 409 g/mol. The molecule has 0 radical (unpaired) electrons. The average Bonchev–Trinajstić information content (AvgIpc) is 2.70. The molecule has 6 heteroatoms. The van der Waals surface area contributed by atoms with Crippen molar-refractivity contribution in [1.82, 2.24) is 0 Å². The smallest absolute Gasteiger partial charge is 0.264 e. The Hall–Kier alpha value is -3.12. The molecule has 3 rings (SSSR count). The minimum atomic E-state index is -3.67. The van der Waals surface area contributed by atoms with E-state index in [1.807, 2.05) is 39.0 Å². The van der Waals surface area contributed by atoms with Crippen molar-refractivity contribution in [3.63, 3.8) is 0 Å². The molecule has 0 aliphatic carbocycles. The molecule has 1 amide bonds. The van der Waals surface area contributed by atoms with Crippen LogP contribution in [0.25, 0.3) is 0 Å². The van der Waals surface area contributed by atoms with Gasteiger partial charge in [0.15, 0.2) is 0 Å². The Labute approximate surface area is 172 Å². The highest BCUT2D eigenvalue weighted by molar-refractivity contribution is 7.92. The first kappa shape index (κ1) is 20.6. The lowest BCUT2D eigenvalue weighted by molar-refractivity contribution is 0.102. The standard InChI is InChI=1S/C23H24N2O3S/c1-16-6-13-21(14-7-16)29(27,28)25(4)20-11-9-19(10-12-20)23(26)24-22-15-17(2)5-8-18(22)3/h5-15H,1-4H3,(H,24,26). The Balaban J connectivity index is 1.79. The Morgan fingerprint density at radius 3 is 2.03 bits per heavy atom. The van der Waals surface area contributed by atoms with E-state index in [1.165, 1.54) is 11.4 Å². The maximum absolute atomic E-state index is 12.8. The summed E-state index contributed by atoms with van der Waals surface area (Å²) in [4.78, 5) is 12.8. The van der Waals surface area contributed by atoms with Gasteiger partial charge in [0.25, 0.3) is 15.9 Å². The number of amides is 1. The normalized spacial score (nSPS) is 11.2. The first-order valence-corrected chi connectivity index (χ1v) is 10.7. The lowest BCUT2D eigenvalue weighted by atomic mass is 10.1. The first-order valence-electron chi connectivity index (χ1n) is 9.23. The molecule has 0 fully saturated rings. The van der Waals surface area contributed by atoms with Crippen molar-refractivity contribution in [2.75, 3.05) is 16.7 Å². The zero-order valence-corrected chi connectivity index (χ0v) is 17.7. The van der Waals surface area contributed by atoms with Crippen LogP contribution in [0.1, 0.15) is 27.0 Å². The van der Waals surface area contributed by atoms with Crippen molar-refractivity contribution in [2.45, 2.75) is 25.7 Å². The molecule has 0 bridgehead atoms. The molecule has 0 saturated carbocycles. The molecule has 0 unspecified atom stereocenters. The van der Waals surface area contributed by atoms with E-state index in [-0.39, 0.29) is 10.8 Å². The van der Waals surface area contributed by atoms with Gasteiger partial charge in [0.1, 0.15) is 0 Å². The molecule has 5 nitrogen and oxygen atoms in total. The number of aryl methyl sites for hydroxylation is 3. The molecular formula is C23H24N2O3S. The van der Waals surface area contributed by atoms with Crippen molar-refractivity contribution >= 4 is 27.3 Å². The largest absolute Gasteiger partial charge is 0.322 e. The molecule has 0 aliphatic rings. The molecule has 0 heterocycles. The van der Waals surface area contributed by atoms with Crippen LogP contribution in [-0.4, -0.2) is 21.4 Å². The van der Waals surface area contributed by atoms with Crippen molar-refractivity contribution in [2.24, 2.45) is 0 Å². The number of hydrogen-bond donors (Lipinski definition) is 1. The second-order valence-corrected chi connectivity index (χ2v) is 9.07. The van der Waals surface area contributed by atoms with Crippen LogP contribution in [0.5, 0.6) is 0 Å². The molecule has 0 aliphatic heterocycles. The summed E-state index contributed by atoms with van der Waals surface area (Å²) in [6, 6.07) is 19.1. The third-order valence-corrected chi connectivity index (χ3v) is 6.61. The second-order valence-electron chi connectivity index (χ2n) is 7.10. The van der Waals surface area contributed by atoms with Gasteiger partial charge in [0.2, 0.25) is 0 Å². The van der Waals surface area contributed by atoms with Crippen molar-refractivity contribution in [3.8, 4) is 0 Å². The van der Waals surface area contributed by atoms with Crippen molar-refractivity contribution in [1.29, 1.82) is 0 Å². The summed E-state index contributed by atoms with van der Waals surface area (Å²) in [5.41, 5.74) is 4.72. The Kier molecular flexibility index (Phi) is 5.75. The fourth-order valence-electron chi connectivity index (χ4n) is 2.89. The number of rotatable bonds is 5. The number of carbonyl (C=O) groups excluding carboxylic acids is 1. The predicted octanol–water partition coefficient (Wildman–Crippen LogP) is 4.69. The van der Waals surface area contributed by atoms with Gasteiger partial charge in [-0.1, -0.05) is 29.8 Å². The summed E-state index contributed by atoms with van der Waals surface area (Å²) in [6.45, 7) is 5.80. The zero-order chi connectivity index (χ0) is 21.2. The van der Waals surface area contributed by atoms with Crippen LogP contribution >= 0.6 is 0 Å². The topological polar surface area (TPSA) is 66.5 Å². The van der Waals surface area contributed by atoms with Gasteiger partial charge in [0.05, 0.1) is 10.6 Å². The van der Waals surface area contributed by atoms with Crippen LogP contribution in [0.3, 0.4) is 0 Å². The molecule has 150 valence electrons. The summed E-state index contributed by atoms with van der Waals surface area (Å²) >= 11 is 0. The van der Waals surface area contributed by atoms with E-state index in [2.05, 4.69) is 5.32 Å². The van der Waals surface area contributed by atoms with Crippen molar-refractivity contribution in [3.05, 3.63) is 89.0 Å². The number of carbonyl (C=O) groups is 1. The van der Waals surface area contributed by atoms with Crippen LogP contribution in [0.2, 0.25) is 0 Å². The molecule has 29 heavy (non-hydrogen) atoms. The lowest BCUT2D eigenvalue weighted by Gasteiger charge is -2.20. The fraction of sp³-hybridized carbons (Fsp3) is 0.174. The van der Waals surface area contributed by atoms with Crippen LogP contribution < -0.4 is 9.62 Å². The third kappa shape index (κ3) is 4.49. The van der Waals surface area contributed by atoms with Gasteiger partial charge in [-0.3, -0.25) is 9.10 Å². The summed E-state index contributed by atoms with van der Waals surface area (Å²) in [6.07, 6.45) is 0.